The lowest BCUT2D eigenvalue weighted by molar-refractivity contribution is 0.0471. The van der Waals surface area contributed by atoms with E-state index in [4.69, 9.17) is 0 Å². The second kappa shape index (κ2) is 4.24. The largest absolute Gasteiger partial charge is 0.386 e. The molecule has 4 heteroatoms. The summed E-state index contributed by atoms with van der Waals surface area (Å²) in [6.45, 7) is 0. The van der Waals surface area contributed by atoms with Crippen LogP contribution in [-0.2, 0) is 6.42 Å². The predicted octanol–water partition coefficient (Wildman–Crippen LogP) is 1.36. The van der Waals surface area contributed by atoms with E-state index in [1.165, 1.54) is 0 Å². The normalized spacial score (nSPS) is 27.0. The standard InChI is InChI=1S/C17H14O4/c18-14-6-5-9-8-1-4-12-13(7-15(19)17(12)21)10(8)2-3-11(9)16(14)20/h1-6,14-16,18-20H,7H2. The van der Waals surface area contributed by atoms with E-state index in [0.29, 0.717) is 17.5 Å². The molecule has 0 saturated carbocycles. The molecular weight excluding hydrogens is 268 g/mol. The van der Waals surface area contributed by atoms with Gasteiger partial charge >= 0.3 is 0 Å². The molecule has 3 unspecified atom stereocenters. The van der Waals surface area contributed by atoms with Crippen LogP contribution in [0.3, 0.4) is 0 Å². The fraction of sp³-hybridized carbons (Fsp3) is 0.235. The van der Waals surface area contributed by atoms with Gasteiger partial charge in [-0.3, -0.25) is 4.79 Å². The first-order valence-electron chi connectivity index (χ1n) is 6.93. The van der Waals surface area contributed by atoms with Crippen LogP contribution < -0.4 is 0 Å². The lowest BCUT2D eigenvalue weighted by Crippen LogP contribution is -2.19. The summed E-state index contributed by atoms with van der Waals surface area (Å²) in [7, 11) is 0. The molecule has 0 fully saturated rings. The number of hydrogen-bond donors (Lipinski definition) is 3. The lowest BCUT2D eigenvalue weighted by atomic mass is 9.87. The Morgan fingerprint density at radius 2 is 1.76 bits per heavy atom. The molecule has 3 N–H and O–H groups in total. The first kappa shape index (κ1) is 12.7. The van der Waals surface area contributed by atoms with E-state index >= 15 is 0 Å². The van der Waals surface area contributed by atoms with E-state index in [1.54, 1.807) is 24.3 Å². The smallest absolute Gasteiger partial charge is 0.191 e. The number of aliphatic hydroxyl groups is 3. The Bertz CT molecular complexity index is 806. The molecule has 4 nitrogen and oxygen atoms in total. The van der Waals surface area contributed by atoms with Crippen LogP contribution in [0.1, 0.15) is 33.2 Å². The molecule has 0 bridgehead atoms. The number of carbonyl (C=O) groups excluding carboxylic acids is 1. The molecule has 0 aliphatic heterocycles. The van der Waals surface area contributed by atoms with Gasteiger partial charge in [0.25, 0.3) is 0 Å². The highest BCUT2D eigenvalue weighted by atomic mass is 16.3. The molecule has 2 aromatic carbocycles. The number of carbonyl (C=O) groups is 1. The van der Waals surface area contributed by atoms with E-state index in [9.17, 15) is 20.1 Å². The molecule has 106 valence electrons. The van der Waals surface area contributed by atoms with Gasteiger partial charge in [-0.1, -0.05) is 36.4 Å². The molecule has 0 saturated heterocycles. The summed E-state index contributed by atoms with van der Waals surface area (Å²) in [4.78, 5) is 11.9. The van der Waals surface area contributed by atoms with Crippen LogP contribution in [-0.4, -0.2) is 33.3 Å². The third-order valence-corrected chi connectivity index (χ3v) is 4.46. The third kappa shape index (κ3) is 1.64. The zero-order valence-corrected chi connectivity index (χ0v) is 11.2. The molecule has 0 amide bonds. The second-order valence-electron chi connectivity index (χ2n) is 5.63. The molecule has 3 atom stereocenters. The zero-order chi connectivity index (χ0) is 14.7. The van der Waals surface area contributed by atoms with Gasteiger partial charge in [-0.25, -0.2) is 0 Å². The van der Waals surface area contributed by atoms with E-state index in [0.717, 1.165) is 21.9 Å². The molecular formula is C17H14O4. The highest BCUT2D eigenvalue weighted by Crippen LogP contribution is 2.37. The summed E-state index contributed by atoms with van der Waals surface area (Å²) < 4.78 is 0. The van der Waals surface area contributed by atoms with Crippen molar-refractivity contribution in [3.63, 3.8) is 0 Å². The van der Waals surface area contributed by atoms with Crippen molar-refractivity contribution < 1.29 is 20.1 Å². The summed E-state index contributed by atoms with van der Waals surface area (Å²) in [5, 5.41) is 31.4. The summed E-state index contributed by atoms with van der Waals surface area (Å²) in [6.07, 6.45) is 0.917. The number of benzene rings is 2. The van der Waals surface area contributed by atoms with Gasteiger partial charge in [-0.2, -0.15) is 0 Å². The highest BCUT2D eigenvalue weighted by molar-refractivity contribution is 6.09. The number of aliphatic hydroxyl groups excluding tert-OH is 3. The SMILES string of the molecule is O=C1c2ccc3c4c(ccc3c2CC1O)C(O)C(O)C=C4. The average molecular weight is 282 g/mol. The van der Waals surface area contributed by atoms with E-state index in [2.05, 4.69) is 0 Å². The fourth-order valence-electron chi connectivity index (χ4n) is 3.35. The van der Waals surface area contributed by atoms with Gasteiger partial charge in [-0.05, 0) is 27.5 Å². The number of rotatable bonds is 0. The van der Waals surface area contributed by atoms with Gasteiger partial charge in [0, 0.05) is 12.0 Å². The van der Waals surface area contributed by atoms with Crippen LogP contribution in [0.25, 0.3) is 16.8 Å². The summed E-state index contributed by atoms with van der Waals surface area (Å²) in [5.41, 5.74) is 2.99. The minimum Gasteiger partial charge on any atom is -0.386 e. The Balaban J connectivity index is 2.02. The summed E-state index contributed by atoms with van der Waals surface area (Å²) in [6, 6.07) is 7.22. The maximum Gasteiger partial charge on any atom is 0.191 e. The van der Waals surface area contributed by atoms with Crippen LogP contribution in [0.5, 0.6) is 0 Å². The topological polar surface area (TPSA) is 77.8 Å². The van der Waals surface area contributed by atoms with Crippen LogP contribution in [0.2, 0.25) is 0 Å². The van der Waals surface area contributed by atoms with Crippen molar-refractivity contribution in [3.8, 4) is 0 Å². The number of fused-ring (bicyclic) bond motifs is 5. The molecule has 2 aromatic rings. The van der Waals surface area contributed by atoms with Crippen molar-refractivity contribution in [1.29, 1.82) is 0 Å². The minimum atomic E-state index is -0.954. The van der Waals surface area contributed by atoms with Gasteiger partial charge in [0.05, 0.1) is 0 Å². The van der Waals surface area contributed by atoms with Gasteiger partial charge < -0.3 is 15.3 Å². The van der Waals surface area contributed by atoms with Crippen molar-refractivity contribution in [2.75, 3.05) is 0 Å². The molecule has 0 radical (unpaired) electrons. The van der Waals surface area contributed by atoms with Crippen molar-refractivity contribution >= 4 is 22.6 Å². The number of Topliss-reactive ketones (excluding diaryl/α,β-unsaturated/α-hetero) is 1. The minimum absolute atomic E-state index is 0.226. The molecule has 4 rings (SSSR count). The molecule has 0 heterocycles. The third-order valence-electron chi connectivity index (χ3n) is 4.46. The van der Waals surface area contributed by atoms with Crippen LogP contribution >= 0.6 is 0 Å². The Morgan fingerprint density at radius 3 is 2.57 bits per heavy atom. The van der Waals surface area contributed by atoms with Crippen molar-refractivity contribution in [2.45, 2.75) is 24.7 Å². The first-order chi connectivity index (χ1) is 10.1. The van der Waals surface area contributed by atoms with Crippen molar-refractivity contribution in [3.05, 3.63) is 52.6 Å². The maximum absolute atomic E-state index is 11.9. The average Bonchev–Trinajstić information content (AvgIpc) is 2.78. The van der Waals surface area contributed by atoms with Gasteiger partial charge in [0.1, 0.15) is 18.3 Å². The predicted molar refractivity (Wildman–Crippen MR) is 78.0 cm³/mol. The van der Waals surface area contributed by atoms with Crippen molar-refractivity contribution in [1.82, 2.24) is 0 Å². The maximum atomic E-state index is 11.9. The van der Waals surface area contributed by atoms with Crippen LogP contribution in [0.4, 0.5) is 0 Å². The van der Waals surface area contributed by atoms with Crippen molar-refractivity contribution in [2.24, 2.45) is 0 Å². The number of hydrogen-bond acceptors (Lipinski definition) is 4. The van der Waals surface area contributed by atoms with E-state index in [1.807, 2.05) is 12.1 Å². The Hall–Kier alpha value is -2.01. The lowest BCUT2D eigenvalue weighted by Gasteiger charge is -2.23. The Morgan fingerprint density at radius 1 is 1.00 bits per heavy atom. The van der Waals surface area contributed by atoms with Gasteiger partial charge in [-0.15, -0.1) is 0 Å². The summed E-state index contributed by atoms with van der Waals surface area (Å²) >= 11 is 0. The van der Waals surface area contributed by atoms with Gasteiger partial charge in [0.2, 0.25) is 0 Å². The highest BCUT2D eigenvalue weighted by Gasteiger charge is 2.31. The monoisotopic (exact) mass is 282 g/mol. The second-order valence-corrected chi connectivity index (χ2v) is 5.63. The van der Waals surface area contributed by atoms with E-state index in [-0.39, 0.29) is 5.78 Å². The number of ketones is 1. The fourth-order valence-corrected chi connectivity index (χ4v) is 3.35. The molecule has 0 aromatic heterocycles. The molecule has 2 aliphatic rings. The van der Waals surface area contributed by atoms with E-state index < -0.39 is 18.3 Å². The molecule has 2 aliphatic carbocycles. The summed E-state index contributed by atoms with van der Waals surface area (Å²) in [5.74, 6) is -0.226. The van der Waals surface area contributed by atoms with Crippen LogP contribution in [0.15, 0.2) is 30.3 Å². The Kier molecular flexibility index (Phi) is 2.57. The zero-order valence-electron chi connectivity index (χ0n) is 11.2. The van der Waals surface area contributed by atoms with Crippen LogP contribution in [0, 0.1) is 0 Å². The van der Waals surface area contributed by atoms with Gasteiger partial charge in [0.15, 0.2) is 5.78 Å². The molecule has 21 heavy (non-hydrogen) atoms. The quantitative estimate of drug-likeness (QED) is 0.682. The Labute approximate surface area is 121 Å². The molecule has 0 spiro atoms. The first-order valence-corrected chi connectivity index (χ1v) is 6.93.